The van der Waals surface area contributed by atoms with Crippen molar-refractivity contribution in [3.8, 4) is 0 Å². The normalized spacial score (nSPS) is 16.7. The first-order valence-electron chi connectivity index (χ1n) is 6.06. The fraction of sp³-hybridized carbons (Fsp3) is 0.385. The third kappa shape index (κ3) is 4.45. The smallest absolute Gasteiger partial charge is 0.478 e. The largest absolute Gasteiger partial charge is 0.490 e. The molecular formula is C13H14F3NO4. The standard InChI is InChI=1S/C11H13NO2.C2HF3O2/c1-2-10-9-4-3-7(11(13)14)5-8(9)6-12-10;3-2(4,5)1(6)7/h3-5,10,12H,2,6H2,1H3,(H,13,14);(H,6,7). The Bertz CT molecular complexity index is 543. The molecule has 3 N–H and O–H groups in total. The summed E-state index contributed by atoms with van der Waals surface area (Å²) in [6.45, 7) is 2.91. The Hall–Kier alpha value is -2.09. The van der Waals surface area contributed by atoms with Gasteiger partial charge in [-0.3, -0.25) is 0 Å². The van der Waals surface area contributed by atoms with Crippen LogP contribution in [0.4, 0.5) is 13.2 Å². The topological polar surface area (TPSA) is 86.6 Å². The van der Waals surface area contributed by atoms with E-state index in [1.165, 1.54) is 5.56 Å². The SMILES string of the molecule is CCC1NCc2cc(C(=O)O)ccc21.O=C(O)C(F)(F)F. The van der Waals surface area contributed by atoms with E-state index in [0.717, 1.165) is 18.5 Å². The third-order valence-electron chi connectivity index (χ3n) is 2.96. The molecule has 2 rings (SSSR count). The van der Waals surface area contributed by atoms with Crippen molar-refractivity contribution in [2.45, 2.75) is 32.1 Å². The highest BCUT2D eigenvalue weighted by molar-refractivity contribution is 5.88. The van der Waals surface area contributed by atoms with Crippen LogP contribution in [0.3, 0.4) is 0 Å². The molecular weight excluding hydrogens is 291 g/mol. The predicted molar refractivity (Wildman–Crippen MR) is 67.0 cm³/mol. The van der Waals surface area contributed by atoms with Gasteiger partial charge >= 0.3 is 18.1 Å². The van der Waals surface area contributed by atoms with Gasteiger partial charge in [0.15, 0.2) is 0 Å². The zero-order valence-electron chi connectivity index (χ0n) is 11.1. The summed E-state index contributed by atoms with van der Waals surface area (Å²) < 4.78 is 31.7. The molecule has 0 radical (unpaired) electrons. The number of halogens is 3. The number of aromatic carboxylic acids is 1. The van der Waals surface area contributed by atoms with E-state index in [9.17, 15) is 18.0 Å². The van der Waals surface area contributed by atoms with Crippen molar-refractivity contribution in [1.82, 2.24) is 5.32 Å². The fourth-order valence-electron chi connectivity index (χ4n) is 1.94. The Morgan fingerprint density at radius 2 is 1.90 bits per heavy atom. The lowest BCUT2D eigenvalue weighted by molar-refractivity contribution is -0.192. The molecule has 1 aromatic rings. The summed E-state index contributed by atoms with van der Waals surface area (Å²) in [6.07, 6.45) is -4.04. The number of benzene rings is 1. The Kier molecular flexibility index (Phi) is 5.31. The monoisotopic (exact) mass is 305 g/mol. The number of alkyl halides is 3. The number of hydrogen-bond acceptors (Lipinski definition) is 3. The van der Waals surface area contributed by atoms with E-state index >= 15 is 0 Å². The van der Waals surface area contributed by atoms with E-state index in [1.54, 1.807) is 12.1 Å². The second-order valence-electron chi connectivity index (χ2n) is 4.36. The van der Waals surface area contributed by atoms with E-state index in [0.29, 0.717) is 11.6 Å². The molecule has 0 bridgehead atoms. The number of carboxylic acid groups (broad SMARTS) is 2. The predicted octanol–water partition coefficient (Wildman–Crippen LogP) is 2.57. The van der Waals surface area contributed by atoms with Crippen LogP contribution in [0.1, 0.15) is 40.9 Å². The van der Waals surface area contributed by atoms with Crippen molar-refractivity contribution < 1.29 is 33.0 Å². The number of fused-ring (bicyclic) bond motifs is 1. The third-order valence-corrected chi connectivity index (χ3v) is 2.96. The Morgan fingerprint density at radius 1 is 1.33 bits per heavy atom. The molecule has 0 saturated carbocycles. The first-order chi connectivity index (χ1) is 9.66. The average molecular weight is 305 g/mol. The number of nitrogens with one attached hydrogen (secondary N) is 1. The Morgan fingerprint density at radius 3 is 2.33 bits per heavy atom. The molecule has 1 aliphatic rings. The van der Waals surface area contributed by atoms with Gasteiger partial charge in [0.05, 0.1) is 5.56 Å². The fourth-order valence-corrected chi connectivity index (χ4v) is 1.94. The Balaban J connectivity index is 0.000000270. The van der Waals surface area contributed by atoms with Crippen LogP contribution >= 0.6 is 0 Å². The van der Waals surface area contributed by atoms with Crippen molar-refractivity contribution >= 4 is 11.9 Å². The zero-order valence-corrected chi connectivity index (χ0v) is 11.1. The molecule has 0 fully saturated rings. The number of rotatable bonds is 2. The van der Waals surface area contributed by atoms with Crippen molar-refractivity contribution in [2.24, 2.45) is 0 Å². The second-order valence-corrected chi connectivity index (χ2v) is 4.36. The number of hydrogen-bond donors (Lipinski definition) is 3. The van der Waals surface area contributed by atoms with Gasteiger partial charge < -0.3 is 15.5 Å². The van der Waals surface area contributed by atoms with Crippen molar-refractivity contribution in [3.05, 3.63) is 34.9 Å². The maximum atomic E-state index is 10.7. The van der Waals surface area contributed by atoms with Gasteiger partial charge in [-0.05, 0) is 29.7 Å². The maximum Gasteiger partial charge on any atom is 0.490 e. The van der Waals surface area contributed by atoms with Gasteiger partial charge in [-0.1, -0.05) is 13.0 Å². The van der Waals surface area contributed by atoms with Crippen LogP contribution in [0.25, 0.3) is 0 Å². The molecule has 0 aromatic heterocycles. The van der Waals surface area contributed by atoms with Gasteiger partial charge in [0.25, 0.3) is 0 Å². The summed E-state index contributed by atoms with van der Waals surface area (Å²) in [7, 11) is 0. The van der Waals surface area contributed by atoms with E-state index in [-0.39, 0.29) is 0 Å². The van der Waals surface area contributed by atoms with Crippen LogP contribution in [0, 0.1) is 0 Å². The Labute approximate surface area is 118 Å². The zero-order chi connectivity index (χ0) is 16.2. The molecule has 1 heterocycles. The van der Waals surface area contributed by atoms with Gasteiger partial charge in [-0.25, -0.2) is 9.59 Å². The molecule has 0 amide bonds. The van der Waals surface area contributed by atoms with E-state index in [2.05, 4.69) is 12.2 Å². The van der Waals surface area contributed by atoms with Gasteiger partial charge in [-0.15, -0.1) is 0 Å². The molecule has 1 atom stereocenters. The lowest BCUT2D eigenvalue weighted by atomic mass is 10.0. The first kappa shape index (κ1) is 17.0. The van der Waals surface area contributed by atoms with Gasteiger partial charge in [-0.2, -0.15) is 13.2 Å². The van der Waals surface area contributed by atoms with E-state index < -0.39 is 18.1 Å². The quantitative estimate of drug-likeness (QED) is 0.782. The minimum atomic E-state index is -5.08. The van der Waals surface area contributed by atoms with Crippen LogP contribution in [0.2, 0.25) is 0 Å². The van der Waals surface area contributed by atoms with Crippen LogP contribution in [-0.4, -0.2) is 28.3 Å². The molecule has 1 aromatic carbocycles. The van der Waals surface area contributed by atoms with E-state index in [4.69, 9.17) is 15.0 Å². The molecule has 1 aliphatic heterocycles. The van der Waals surface area contributed by atoms with Crippen molar-refractivity contribution in [3.63, 3.8) is 0 Å². The summed E-state index contributed by atoms with van der Waals surface area (Å²) in [5.74, 6) is -3.61. The maximum absolute atomic E-state index is 10.7. The van der Waals surface area contributed by atoms with Crippen LogP contribution in [0.5, 0.6) is 0 Å². The lowest BCUT2D eigenvalue weighted by Crippen LogP contribution is -2.21. The molecule has 21 heavy (non-hydrogen) atoms. The number of aliphatic carboxylic acids is 1. The number of carbonyl (C=O) groups is 2. The average Bonchev–Trinajstić information content (AvgIpc) is 2.80. The molecule has 8 heteroatoms. The van der Waals surface area contributed by atoms with Gasteiger partial charge in [0.2, 0.25) is 0 Å². The summed E-state index contributed by atoms with van der Waals surface area (Å²) in [5.41, 5.74) is 2.75. The second kappa shape index (κ2) is 6.57. The first-order valence-corrected chi connectivity index (χ1v) is 6.06. The van der Waals surface area contributed by atoms with E-state index in [1.807, 2.05) is 6.07 Å². The highest BCUT2D eigenvalue weighted by atomic mass is 19.4. The highest BCUT2D eigenvalue weighted by Gasteiger charge is 2.38. The minimum absolute atomic E-state index is 0.377. The summed E-state index contributed by atoms with van der Waals surface area (Å²) in [5, 5.41) is 19.3. The van der Waals surface area contributed by atoms with Gasteiger partial charge in [0, 0.05) is 12.6 Å². The molecule has 0 aliphatic carbocycles. The van der Waals surface area contributed by atoms with Crippen LogP contribution < -0.4 is 5.32 Å². The van der Waals surface area contributed by atoms with Crippen LogP contribution in [-0.2, 0) is 11.3 Å². The highest BCUT2D eigenvalue weighted by Crippen LogP contribution is 2.28. The summed E-state index contributed by atoms with van der Waals surface area (Å²) in [4.78, 5) is 19.6. The van der Waals surface area contributed by atoms with Gasteiger partial charge in [0.1, 0.15) is 0 Å². The lowest BCUT2D eigenvalue weighted by Gasteiger charge is -2.08. The van der Waals surface area contributed by atoms with Crippen molar-refractivity contribution in [1.29, 1.82) is 0 Å². The molecule has 0 saturated heterocycles. The molecule has 116 valence electrons. The van der Waals surface area contributed by atoms with Crippen molar-refractivity contribution in [2.75, 3.05) is 0 Å². The summed E-state index contributed by atoms with van der Waals surface area (Å²) in [6, 6.07) is 5.76. The minimum Gasteiger partial charge on any atom is -0.478 e. The number of carboxylic acids is 2. The van der Waals surface area contributed by atoms with Crippen LogP contribution in [0.15, 0.2) is 18.2 Å². The molecule has 0 spiro atoms. The summed E-state index contributed by atoms with van der Waals surface area (Å²) >= 11 is 0. The molecule has 5 nitrogen and oxygen atoms in total. The molecule has 1 unspecified atom stereocenters.